The van der Waals surface area contributed by atoms with Crippen LogP contribution < -0.4 is 9.46 Å². The van der Waals surface area contributed by atoms with Crippen LogP contribution in [0.25, 0.3) is 11.0 Å². The van der Waals surface area contributed by atoms with E-state index in [1.165, 1.54) is 31.4 Å². The number of nitrogens with zero attached hydrogens (tertiary/aromatic N) is 1. The molecule has 1 aromatic heterocycles. The molecule has 0 radical (unpaired) electrons. The summed E-state index contributed by atoms with van der Waals surface area (Å²) in [6.45, 7) is 1.72. The smallest absolute Gasteiger partial charge is 0.264 e. The van der Waals surface area contributed by atoms with Crippen LogP contribution in [-0.2, 0) is 10.0 Å². The number of ether oxygens (including phenoxy) is 1. The molecule has 0 aliphatic rings. The first-order valence-corrected chi connectivity index (χ1v) is 8.60. The highest BCUT2D eigenvalue weighted by Crippen LogP contribution is 2.34. The predicted molar refractivity (Wildman–Crippen MR) is 87.5 cm³/mol. The summed E-state index contributed by atoms with van der Waals surface area (Å²) in [6, 6.07) is 6.76. The Morgan fingerprint density at radius 1 is 1.33 bits per heavy atom. The van der Waals surface area contributed by atoms with Crippen LogP contribution in [-0.4, -0.2) is 20.7 Å². The minimum absolute atomic E-state index is 0.135. The van der Waals surface area contributed by atoms with Gasteiger partial charge < -0.3 is 9.26 Å². The van der Waals surface area contributed by atoms with E-state index in [1.54, 1.807) is 6.92 Å². The summed E-state index contributed by atoms with van der Waals surface area (Å²) in [5, 5.41) is 4.14. The largest absolute Gasteiger partial charge is 0.494 e. The number of nitrogens with one attached hydrogen (secondary N) is 1. The molecule has 6 nitrogen and oxygen atoms in total. The van der Waals surface area contributed by atoms with Crippen LogP contribution in [0.4, 0.5) is 10.1 Å². The van der Waals surface area contributed by atoms with E-state index in [1.807, 2.05) is 0 Å². The van der Waals surface area contributed by atoms with Crippen molar-refractivity contribution < 1.29 is 22.1 Å². The molecule has 0 saturated carbocycles. The predicted octanol–water partition coefficient (Wildman–Crippen LogP) is 3.74. The number of halogens is 2. The molecule has 1 N–H and O–H groups in total. The lowest BCUT2D eigenvalue weighted by Crippen LogP contribution is -2.15. The molecule has 2 aromatic carbocycles. The van der Waals surface area contributed by atoms with E-state index in [-0.39, 0.29) is 16.5 Å². The molecule has 0 spiro atoms. The van der Waals surface area contributed by atoms with Crippen molar-refractivity contribution >= 4 is 38.3 Å². The molecule has 9 heteroatoms. The number of aryl methyl sites for hydroxylation is 1. The van der Waals surface area contributed by atoms with Crippen molar-refractivity contribution in [2.45, 2.75) is 11.8 Å². The van der Waals surface area contributed by atoms with Gasteiger partial charge in [-0.2, -0.15) is 0 Å². The zero-order valence-electron chi connectivity index (χ0n) is 12.6. The van der Waals surface area contributed by atoms with Gasteiger partial charge in [0.1, 0.15) is 10.6 Å². The van der Waals surface area contributed by atoms with Crippen LogP contribution in [0.3, 0.4) is 0 Å². The Labute approximate surface area is 142 Å². The standard InChI is InChI=1S/C15H12ClFN2O4S/c1-8-9-6-11(13(22-2)7-12(9)23-18-8)19-24(20,21)14-5-3-4-10(16)15(14)17/h3-7,19H,1-2H3. The molecule has 3 aromatic rings. The first kappa shape index (κ1) is 16.5. The van der Waals surface area contributed by atoms with Gasteiger partial charge in [-0.25, -0.2) is 12.8 Å². The van der Waals surface area contributed by atoms with Gasteiger partial charge in [-0.1, -0.05) is 22.8 Å². The van der Waals surface area contributed by atoms with E-state index in [0.717, 1.165) is 6.07 Å². The van der Waals surface area contributed by atoms with Gasteiger partial charge in [-0.05, 0) is 25.1 Å². The highest BCUT2D eigenvalue weighted by molar-refractivity contribution is 7.92. The Kier molecular flexibility index (Phi) is 4.10. The van der Waals surface area contributed by atoms with Crippen molar-refractivity contribution in [3.63, 3.8) is 0 Å². The molecule has 0 atom stereocenters. The third-order valence-electron chi connectivity index (χ3n) is 3.42. The zero-order chi connectivity index (χ0) is 17.5. The van der Waals surface area contributed by atoms with Crippen LogP contribution in [0.2, 0.25) is 5.02 Å². The summed E-state index contributed by atoms with van der Waals surface area (Å²) >= 11 is 5.65. The zero-order valence-corrected chi connectivity index (χ0v) is 14.2. The SMILES string of the molecule is COc1cc2onc(C)c2cc1NS(=O)(=O)c1cccc(Cl)c1F. The van der Waals surface area contributed by atoms with Crippen LogP contribution in [0.1, 0.15) is 5.69 Å². The van der Waals surface area contributed by atoms with Gasteiger partial charge in [0.2, 0.25) is 0 Å². The maximum atomic E-state index is 14.0. The van der Waals surface area contributed by atoms with E-state index in [9.17, 15) is 12.8 Å². The Morgan fingerprint density at radius 3 is 2.79 bits per heavy atom. The maximum Gasteiger partial charge on any atom is 0.264 e. The number of benzene rings is 2. The lowest BCUT2D eigenvalue weighted by molar-refractivity contribution is 0.413. The molecule has 24 heavy (non-hydrogen) atoms. The number of sulfonamides is 1. The van der Waals surface area contributed by atoms with Crippen LogP contribution in [0.15, 0.2) is 39.8 Å². The molecule has 0 bridgehead atoms. The summed E-state index contributed by atoms with van der Waals surface area (Å²) < 4.78 is 51.6. The highest BCUT2D eigenvalue weighted by atomic mass is 35.5. The first-order chi connectivity index (χ1) is 11.3. The number of aromatic nitrogens is 1. The van der Waals surface area contributed by atoms with E-state index in [2.05, 4.69) is 9.88 Å². The average Bonchev–Trinajstić information content (AvgIpc) is 2.89. The summed E-state index contributed by atoms with van der Waals surface area (Å²) in [6.07, 6.45) is 0. The monoisotopic (exact) mass is 370 g/mol. The fraction of sp³-hybridized carbons (Fsp3) is 0.133. The Bertz CT molecular complexity index is 1030. The number of methoxy groups -OCH3 is 1. The third-order valence-corrected chi connectivity index (χ3v) is 5.10. The third kappa shape index (κ3) is 2.78. The molecule has 0 amide bonds. The number of hydrogen-bond donors (Lipinski definition) is 1. The summed E-state index contributed by atoms with van der Waals surface area (Å²) in [5.41, 5.74) is 1.17. The molecule has 0 aliphatic heterocycles. The van der Waals surface area contributed by atoms with Gasteiger partial charge in [0, 0.05) is 11.5 Å². The van der Waals surface area contributed by atoms with Gasteiger partial charge in [-0.15, -0.1) is 0 Å². The molecule has 0 unspecified atom stereocenters. The lowest BCUT2D eigenvalue weighted by atomic mass is 10.2. The normalized spacial score (nSPS) is 11.7. The number of hydrogen-bond acceptors (Lipinski definition) is 5. The molecule has 0 saturated heterocycles. The fourth-order valence-electron chi connectivity index (χ4n) is 2.23. The van der Waals surface area contributed by atoms with Crippen molar-refractivity contribution in [1.82, 2.24) is 5.16 Å². The van der Waals surface area contributed by atoms with E-state index < -0.39 is 20.7 Å². The quantitative estimate of drug-likeness (QED) is 0.756. The lowest BCUT2D eigenvalue weighted by Gasteiger charge is -2.12. The summed E-state index contributed by atoms with van der Waals surface area (Å²) in [5.74, 6) is -0.808. The van der Waals surface area contributed by atoms with Crippen molar-refractivity contribution in [3.05, 3.63) is 46.9 Å². The van der Waals surface area contributed by atoms with Crippen molar-refractivity contribution in [3.8, 4) is 5.75 Å². The van der Waals surface area contributed by atoms with Crippen LogP contribution in [0.5, 0.6) is 5.75 Å². The number of anilines is 1. The molecule has 3 rings (SSSR count). The first-order valence-electron chi connectivity index (χ1n) is 6.74. The van der Waals surface area contributed by atoms with Gasteiger partial charge in [0.25, 0.3) is 10.0 Å². The van der Waals surface area contributed by atoms with Crippen molar-refractivity contribution in [2.24, 2.45) is 0 Å². The topological polar surface area (TPSA) is 81.4 Å². The van der Waals surface area contributed by atoms with Crippen molar-refractivity contribution in [2.75, 3.05) is 11.8 Å². The second-order valence-electron chi connectivity index (χ2n) is 4.97. The molecular weight excluding hydrogens is 359 g/mol. The van der Waals surface area contributed by atoms with Gasteiger partial charge in [0.05, 0.1) is 23.5 Å². The minimum atomic E-state index is -4.20. The molecule has 0 aliphatic carbocycles. The number of fused-ring (bicyclic) bond motifs is 1. The highest BCUT2D eigenvalue weighted by Gasteiger charge is 2.23. The van der Waals surface area contributed by atoms with E-state index in [4.69, 9.17) is 20.9 Å². The minimum Gasteiger partial charge on any atom is -0.494 e. The van der Waals surface area contributed by atoms with Gasteiger partial charge in [0.15, 0.2) is 11.4 Å². The summed E-state index contributed by atoms with van der Waals surface area (Å²) in [4.78, 5) is -0.556. The number of rotatable bonds is 4. The Hall–Kier alpha value is -2.32. The molecule has 0 fully saturated rings. The van der Waals surface area contributed by atoms with Gasteiger partial charge in [-0.3, -0.25) is 4.72 Å². The van der Waals surface area contributed by atoms with E-state index in [0.29, 0.717) is 16.7 Å². The fourth-order valence-corrected chi connectivity index (χ4v) is 3.62. The second kappa shape index (κ2) is 5.95. The molecule has 1 heterocycles. The van der Waals surface area contributed by atoms with Crippen molar-refractivity contribution in [1.29, 1.82) is 0 Å². The molecular formula is C15H12ClFN2O4S. The van der Waals surface area contributed by atoms with Crippen LogP contribution in [0, 0.1) is 12.7 Å². The summed E-state index contributed by atoms with van der Waals surface area (Å²) in [7, 11) is -2.83. The second-order valence-corrected chi connectivity index (χ2v) is 7.03. The van der Waals surface area contributed by atoms with Gasteiger partial charge >= 0.3 is 0 Å². The maximum absolute atomic E-state index is 14.0. The van der Waals surface area contributed by atoms with E-state index >= 15 is 0 Å². The Morgan fingerprint density at radius 2 is 2.08 bits per heavy atom. The Balaban J connectivity index is 2.11. The average molecular weight is 371 g/mol. The molecule has 126 valence electrons. The van der Waals surface area contributed by atoms with Crippen LogP contribution >= 0.6 is 11.6 Å².